The third-order valence-electron chi connectivity index (χ3n) is 2.41. The normalized spacial score (nSPS) is 23.3. The van der Waals surface area contributed by atoms with E-state index in [0.717, 1.165) is 6.42 Å². The minimum absolute atomic E-state index is 0.165. The lowest BCUT2D eigenvalue weighted by atomic mass is 10.0. The van der Waals surface area contributed by atoms with Crippen LogP contribution in [0.3, 0.4) is 0 Å². The largest absolute Gasteiger partial charge is 0.480 e. The van der Waals surface area contributed by atoms with Gasteiger partial charge in [0.15, 0.2) is 0 Å². The average molecular weight is 247 g/mol. The third kappa shape index (κ3) is 2.69. The first-order valence-corrected chi connectivity index (χ1v) is 6.00. The predicted octanol–water partition coefficient (Wildman–Crippen LogP) is 1.35. The maximum absolute atomic E-state index is 11.8. The van der Waals surface area contributed by atoms with Gasteiger partial charge in [-0.15, -0.1) is 0 Å². The second kappa shape index (κ2) is 4.94. The molecule has 0 saturated carbocycles. The van der Waals surface area contributed by atoms with E-state index >= 15 is 0 Å². The summed E-state index contributed by atoms with van der Waals surface area (Å²) >= 11 is 6.29. The molecule has 0 radical (unpaired) electrons. The van der Waals surface area contributed by atoms with Crippen LogP contribution < -0.4 is 0 Å². The molecule has 4 nitrogen and oxygen atoms in total. The van der Waals surface area contributed by atoms with Crippen LogP contribution in [-0.4, -0.2) is 38.0 Å². The average Bonchev–Trinajstić information content (AvgIpc) is 2.44. The number of thiocarbonyl (C=S) groups is 1. The van der Waals surface area contributed by atoms with E-state index in [4.69, 9.17) is 17.3 Å². The van der Waals surface area contributed by atoms with E-state index in [1.807, 2.05) is 13.8 Å². The molecule has 84 valence electrons. The second-order valence-electron chi connectivity index (χ2n) is 3.51. The van der Waals surface area contributed by atoms with Crippen molar-refractivity contribution in [3.05, 3.63) is 0 Å². The molecule has 1 aliphatic heterocycles. The van der Waals surface area contributed by atoms with Gasteiger partial charge in [-0.25, -0.2) is 0 Å². The van der Waals surface area contributed by atoms with Crippen LogP contribution in [0.2, 0.25) is 0 Å². The number of carboxylic acid groups (broad SMARTS) is 1. The zero-order valence-corrected chi connectivity index (χ0v) is 10.2. The van der Waals surface area contributed by atoms with Gasteiger partial charge in [0.05, 0.1) is 5.25 Å². The fraction of sp³-hybridized carbons (Fsp3) is 0.667. The van der Waals surface area contributed by atoms with E-state index in [9.17, 15) is 9.59 Å². The number of rotatable bonds is 4. The Morgan fingerprint density at radius 3 is 2.80 bits per heavy atom. The van der Waals surface area contributed by atoms with Gasteiger partial charge in [0.1, 0.15) is 10.9 Å². The van der Waals surface area contributed by atoms with Gasteiger partial charge in [-0.1, -0.05) is 44.2 Å². The zero-order chi connectivity index (χ0) is 11.6. The molecule has 0 aromatic heterocycles. The summed E-state index contributed by atoms with van der Waals surface area (Å²) < 4.78 is 0.382. The first-order valence-electron chi connectivity index (χ1n) is 4.71. The number of hydrogen-bond acceptors (Lipinski definition) is 4. The lowest BCUT2D eigenvalue weighted by Crippen LogP contribution is -2.37. The minimum atomic E-state index is -1.03. The molecule has 1 amide bonds. The molecule has 0 aromatic carbocycles. The van der Waals surface area contributed by atoms with Crippen molar-refractivity contribution in [3.8, 4) is 0 Å². The van der Waals surface area contributed by atoms with Crippen LogP contribution in [0, 0.1) is 5.92 Å². The highest BCUT2D eigenvalue weighted by Crippen LogP contribution is 2.33. The molecule has 2 unspecified atom stereocenters. The summed E-state index contributed by atoms with van der Waals surface area (Å²) in [5.41, 5.74) is 0. The molecular weight excluding hydrogens is 234 g/mol. The van der Waals surface area contributed by atoms with Crippen LogP contribution in [0.5, 0.6) is 0 Å². The van der Waals surface area contributed by atoms with Crippen molar-refractivity contribution in [2.45, 2.75) is 25.5 Å². The van der Waals surface area contributed by atoms with E-state index in [0.29, 0.717) is 4.32 Å². The smallest absolute Gasteiger partial charge is 0.323 e. The Kier molecular flexibility index (Phi) is 4.10. The highest BCUT2D eigenvalue weighted by atomic mass is 32.2. The Balaban J connectivity index is 2.74. The maximum atomic E-state index is 11.8. The van der Waals surface area contributed by atoms with Crippen LogP contribution in [0.25, 0.3) is 0 Å². The van der Waals surface area contributed by atoms with Crippen molar-refractivity contribution in [3.63, 3.8) is 0 Å². The molecule has 1 aliphatic rings. The first kappa shape index (κ1) is 12.4. The standard InChI is InChI=1S/C9H13NO3S2/c1-3-5(2)7-8(13)10(4-6(11)12)9(14)15-7/h5,7H,3-4H2,1-2H3,(H,11,12). The number of hydrogen-bond donors (Lipinski definition) is 1. The quantitative estimate of drug-likeness (QED) is 0.760. The van der Waals surface area contributed by atoms with Gasteiger partial charge in [-0.05, 0) is 5.92 Å². The fourth-order valence-corrected chi connectivity index (χ4v) is 2.93. The summed E-state index contributed by atoms with van der Waals surface area (Å²) in [5.74, 6) is -0.975. The molecular formula is C9H13NO3S2. The van der Waals surface area contributed by atoms with E-state index in [2.05, 4.69) is 0 Å². The monoisotopic (exact) mass is 247 g/mol. The van der Waals surface area contributed by atoms with Crippen molar-refractivity contribution in [1.29, 1.82) is 0 Å². The van der Waals surface area contributed by atoms with Crippen molar-refractivity contribution >= 4 is 40.2 Å². The number of carbonyl (C=O) groups is 2. The summed E-state index contributed by atoms with van der Waals surface area (Å²) in [5, 5.41) is 8.42. The summed E-state index contributed by atoms with van der Waals surface area (Å²) in [6.07, 6.45) is 0.882. The molecule has 1 fully saturated rings. The number of nitrogens with zero attached hydrogens (tertiary/aromatic N) is 1. The van der Waals surface area contributed by atoms with E-state index in [1.54, 1.807) is 0 Å². The topological polar surface area (TPSA) is 57.6 Å². The summed E-state index contributed by atoms with van der Waals surface area (Å²) in [7, 11) is 0. The highest BCUT2D eigenvalue weighted by Gasteiger charge is 2.40. The molecule has 1 saturated heterocycles. The highest BCUT2D eigenvalue weighted by molar-refractivity contribution is 8.24. The first-order chi connectivity index (χ1) is 6.97. The summed E-state index contributed by atoms with van der Waals surface area (Å²) in [4.78, 5) is 23.5. The van der Waals surface area contributed by atoms with E-state index in [1.165, 1.54) is 16.7 Å². The van der Waals surface area contributed by atoms with Gasteiger partial charge in [0.2, 0.25) is 5.91 Å². The van der Waals surface area contributed by atoms with Gasteiger partial charge >= 0.3 is 5.97 Å². The predicted molar refractivity (Wildman–Crippen MR) is 62.8 cm³/mol. The number of carbonyl (C=O) groups excluding carboxylic acids is 1. The van der Waals surface area contributed by atoms with Gasteiger partial charge in [0.25, 0.3) is 0 Å². The van der Waals surface area contributed by atoms with Crippen LogP contribution in [0.15, 0.2) is 0 Å². The zero-order valence-electron chi connectivity index (χ0n) is 8.60. The molecule has 1 N–H and O–H groups in total. The van der Waals surface area contributed by atoms with Crippen molar-refractivity contribution < 1.29 is 14.7 Å². The van der Waals surface area contributed by atoms with Crippen LogP contribution in [0.4, 0.5) is 0 Å². The number of thioether (sulfide) groups is 1. The van der Waals surface area contributed by atoms with Crippen LogP contribution in [-0.2, 0) is 9.59 Å². The van der Waals surface area contributed by atoms with E-state index in [-0.39, 0.29) is 23.6 Å². The van der Waals surface area contributed by atoms with Crippen LogP contribution >= 0.6 is 24.0 Å². The lowest BCUT2D eigenvalue weighted by molar-refractivity contribution is -0.141. The Morgan fingerprint density at radius 1 is 1.73 bits per heavy atom. The Labute approximate surface area is 98.0 Å². The number of carboxylic acids is 1. The Morgan fingerprint density at radius 2 is 2.33 bits per heavy atom. The maximum Gasteiger partial charge on any atom is 0.323 e. The second-order valence-corrected chi connectivity index (χ2v) is 5.28. The molecule has 0 aromatic rings. The summed E-state index contributed by atoms with van der Waals surface area (Å²) in [6, 6.07) is 0. The van der Waals surface area contributed by atoms with Gasteiger partial charge in [0, 0.05) is 0 Å². The fourth-order valence-electron chi connectivity index (χ4n) is 1.32. The van der Waals surface area contributed by atoms with E-state index < -0.39 is 5.97 Å². The SMILES string of the molecule is CCC(C)C1SC(=S)N(CC(=O)O)C1=O. The number of amides is 1. The van der Waals surface area contributed by atoms with Gasteiger partial charge < -0.3 is 5.11 Å². The summed E-state index contributed by atoms with van der Waals surface area (Å²) in [6.45, 7) is 3.65. The Hall–Kier alpha value is -0.620. The molecule has 1 heterocycles. The van der Waals surface area contributed by atoms with Crippen molar-refractivity contribution in [2.75, 3.05) is 6.54 Å². The number of aliphatic carboxylic acids is 1. The molecule has 6 heteroatoms. The molecule has 0 spiro atoms. The third-order valence-corrected chi connectivity index (χ3v) is 4.26. The van der Waals surface area contributed by atoms with Gasteiger partial charge in [-0.3, -0.25) is 14.5 Å². The lowest BCUT2D eigenvalue weighted by Gasteiger charge is -2.15. The molecule has 0 aliphatic carbocycles. The molecule has 2 atom stereocenters. The van der Waals surface area contributed by atoms with Gasteiger partial charge in [-0.2, -0.15) is 0 Å². The van der Waals surface area contributed by atoms with Crippen molar-refractivity contribution in [2.24, 2.45) is 5.92 Å². The van der Waals surface area contributed by atoms with Crippen LogP contribution in [0.1, 0.15) is 20.3 Å². The van der Waals surface area contributed by atoms with Crippen molar-refractivity contribution in [1.82, 2.24) is 4.90 Å². The molecule has 15 heavy (non-hydrogen) atoms. The Bertz CT molecular complexity index is 306. The molecule has 1 rings (SSSR count). The molecule has 0 bridgehead atoms. The minimum Gasteiger partial charge on any atom is -0.480 e.